The lowest BCUT2D eigenvalue weighted by Gasteiger charge is -1.99. The van der Waals surface area contributed by atoms with Gasteiger partial charge in [0.25, 0.3) is 0 Å². The molecule has 0 saturated carbocycles. The Hall–Kier alpha value is -1.42. The summed E-state index contributed by atoms with van der Waals surface area (Å²) in [4.78, 5) is 4.16. The Bertz CT molecular complexity index is 505. The number of benzene rings is 1. The van der Waals surface area contributed by atoms with Crippen molar-refractivity contribution >= 4 is 22.0 Å². The number of nitrogens with zero attached hydrogens (tertiary/aromatic N) is 2. The van der Waals surface area contributed by atoms with Crippen LogP contribution >= 0.6 is 15.9 Å². The van der Waals surface area contributed by atoms with Gasteiger partial charge in [-0.1, -0.05) is 33.7 Å². The first kappa shape index (κ1) is 10.1. The number of halogens is 1. The van der Waals surface area contributed by atoms with Crippen LogP contribution in [0.15, 0.2) is 33.8 Å². The van der Waals surface area contributed by atoms with E-state index in [1.165, 1.54) is 11.6 Å². The maximum Gasteiger partial charge on any atom is 0.250 e. The predicted octanol–water partition coefficient (Wildman–Crippen LogP) is 3.45. The summed E-state index contributed by atoms with van der Waals surface area (Å²) in [7, 11) is 0. The monoisotopic (exact) mass is 264 g/mol. The highest BCUT2D eigenvalue weighted by Gasteiger charge is 2.09. The van der Waals surface area contributed by atoms with Crippen LogP contribution in [-0.4, -0.2) is 10.1 Å². The van der Waals surface area contributed by atoms with E-state index in [2.05, 4.69) is 32.6 Å². The van der Waals surface area contributed by atoms with Crippen LogP contribution in [0.3, 0.4) is 0 Å². The minimum atomic E-state index is 0.428. The van der Waals surface area contributed by atoms with E-state index in [0.29, 0.717) is 11.7 Å². The van der Waals surface area contributed by atoms with Crippen LogP contribution in [0.5, 0.6) is 0 Å². The second-order valence-electron chi connectivity index (χ2n) is 3.14. The summed E-state index contributed by atoms with van der Waals surface area (Å²) in [5.41, 5.74) is 2.09. The minimum Gasteiger partial charge on any atom is -0.334 e. The summed E-state index contributed by atoms with van der Waals surface area (Å²) in [6.07, 6.45) is 1.53. The minimum absolute atomic E-state index is 0.428. The molecule has 3 nitrogen and oxygen atoms in total. The zero-order valence-electron chi connectivity index (χ0n) is 8.20. The lowest BCUT2D eigenvalue weighted by atomic mass is 10.1. The molecule has 0 aliphatic heterocycles. The molecule has 15 heavy (non-hydrogen) atoms. The van der Waals surface area contributed by atoms with Crippen molar-refractivity contribution in [2.24, 2.45) is 0 Å². The van der Waals surface area contributed by atoms with Gasteiger partial charge in [-0.3, -0.25) is 0 Å². The molecule has 0 amide bonds. The number of aromatic nitrogens is 2. The van der Waals surface area contributed by atoms with Crippen molar-refractivity contribution < 1.29 is 4.52 Å². The van der Waals surface area contributed by atoms with E-state index in [1.807, 2.05) is 25.1 Å². The number of hydrogen-bond donors (Lipinski definition) is 0. The third kappa shape index (κ3) is 1.99. The van der Waals surface area contributed by atoms with Crippen molar-refractivity contribution in [2.75, 3.05) is 0 Å². The molecular weight excluding hydrogens is 256 g/mol. The van der Waals surface area contributed by atoms with Crippen molar-refractivity contribution in [3.05, 3.63) is 40.7 Å². The highest BCUT2D eigenvalue weighted by Crippen LogP contribution is 2.26. The maximum atomic E-state index is 4.95. The third-order valence-electron chi connectivity index (χ3n) is 1.98. The topological polar surface area (TPSA) is 38.9 Å². The molecule has 2 rings (SSSR count). The Labute approximate surface area is 95.9 Å². The fourth-order valence-corrected chi connectivity index (χ4v) is 1.90. The van der Waals surface area contributed by atoms with Crippen LogP contribution in [-0.2, 0) is 0 Å². The number of rotatable bonds is 2. The van der Waals surface area contributed by atoms with Crippen LogP contribution in [0.25, 0.3) is 17.5 Å². The number of aryl methyl sites for hydroxylation is 1. The molecular formula is C11H9BrN2O. The van der Waals surface area contributed by atoms with Crippen molar-refractivity contribution in [3.63, 3.8) is 0 Å². The SMILES string of the molecule is C=Cc1nc(-c2ccc(C)cc2Br)no1. The van der Waals surface area contributed by atoms with E-state index in [0.717, 1.165) is 10.0 Å². The summed E-state index contributed by atoms with van der Waals surface area (Å²) in [5, 5.41) is 3.86. The van der Waals surface area contributed by atoms with Gasteiger partial charge < -0.3 is 4.52 Å². The second kappa shape index (κ2) is 3.98. The van der Waals surface area contributed by atoms with Crippen molar-refractivity contribution in [1.82, 2.24) is 10.1 Å². The van der Waals surface area contributed by atoms with E-state index in [4.69, 9.17) is 4.52 Å². The molecule has 1 aromatic heterocycles. The van der Waals surface area contributed by atoms with Crippen molar-refractivity contribution in [3.8, 4) is 11.4 Å². The van der Waals surface area contributed by atoms with E-state index < -0.39 is 0 Å². The summed E-state index contributed by atoms with van der Waals surface area (Å²) < 4.78 is 5.91. The first-order valence-corrected chi connectivity index (χ1v) is 5.22. The van der Waals surface area contributed by atoms with E-state index in [9.17, 15) is 0 Å². The molecule has 0 aliphatic rings. The molecule has 1 aromatic carbocycles. The smallest absolute Gasteiger partial charge is 0.250 e. The molecule has 0 unspecified atom stereocenters. The van der Waals surface area contributed by atoms with Gasteiger partial charge in [0.2, 0.25) is 11.7 Å². The predicted molar refractivity (Wildman–Crippen MR) is 62.3 cm³/mol. The quantitative estimate of drug-likeness (QED) is 0.834. The largest absolute Gasteiger partial charge is 0.334 e. The Kier molecular flexibility index (Phi) is 2.68. The first-order chi connectivity index (χ1) is 7.20. The summed E-state index contributed by atoms with van der Waals surface area (Å²) in [6, 6.07) is 5.97. The molecule has 1 heterocycles. The van der Waals surface area contributed by atoms with Gasteiger partial charge in [0, 0.05) is 10.0 Å². The Morgan fingerprint density at radius 3 is 2.87 bits per heavy atom. The molecule has 0 N–H and O–H groups in total. The summed E-state index contributed by atoms with van der Waals surface area (Å²) >= 11 is 3.47. The van der Waals surface area contributed by atoms with Gasteiger partial charge in [0.1, 0.15) is 0 Å². The van der Waals surface area contributed by atoms with Crippen LogP contribution < -0.4 is 0 Å². The standard InChI is InChI=1S/C11H9BrN2O/c1-3-10-13-11(14-15-10)8-5-4-7(2)6-9(8)12/h3-6H,1H2,2H3. The molecule has 0 spiro atoms. The summed E-state index contributed by atoms with van der Waals surface area (Å²) in [5.74, 6) is 0.995. The van der Waals surface area contributed by atoms with E-state index in [-0.39, 0.29) is 0 Å². The average Bonchev–Trinajstić information content (AvgIpc) is 2.66. The van der Waals surface area contributed by atoms with Crippen LogP contribution in [0.2, 0.25) is 0 Å². The van der Waals surface area contributed by atoms with Gasteiger partial charge in [0.05, 0.1) is 0 Å². The normalized spacial score (nSPS) is 10.3. The third-order valence-corrected chi connectivity index (χ3v) is 2.64. The maximum absolute atomic E-state index is 4.95. The Morgan fingerprint density at radius 2 is 2.27 bits per heavy atom. The molecule has 0 aliphatic carbocycles. The fourth-order valence-electron chi connectivity index (χ4n) is 1.23. The molecule has 2 aromatic rings. The second-order valence-corrected chi connectivity index (χ2v) is 4.00. The zero-order valence-corrected chi connectivity index (χ0v) is 9.78. The molecule has 4 heteroatoms. The van der Waals surface area contributed by atoms with Crippen LogP contribution in [0, 0.1) is 6.92 Å². The van der Waals surface area contributed by atoms with Gasteiger partial charge in [-0.05, 0) is 30.7 Å². The van der Waals surface area contributed by atoms with Gasteiger partial charge in [-0.15, -0.1) is 0 Å². The highest BCUT2D eigenvalue weighted by molar-refractivity contribution is 9.10. The van der Waals surface area contributed by atoms with Crippen molar-refractivity contribution in [2.45, 2.75) is 6.92 Å². The van der Waals surface area contributed by atoms with Gasteiger partial charge in [-0.25, -0.2) is 0 Å². The molecule has 0 saturated heterocycles. The van der Waals surface area contributed by atoms with Gasteiger partial charge in [-0.2, -0.15) is 4.98 Å². The van der Waals surface area contributed by atoms with E-state index >= 15 is 0 Å². The Balaban J connectivity index is 2.49. The fraction of sp³-hybridized carbons (Fsp3) is 0.0909. The highest BCUT2D eigenvalue weighted by atomic mass is 79.9. The van der Waals surface area contributed by atoms with E-state index in [1.54, 1.807) is 0 Å². The molecule has 0 radical (unpaired) electrons. The molecule has 0 bridgehead atoms. The van der Waals surface area contributed by atoms with Gasteiger partial charge in [0.15, 0.2) is 0 Å². The zero-order chi connectivity index (χ0) is 10.8. The summed E-state index contributed by atoms with van der Waals surface area (Å²) in [6.45, 7) is 5.59. The molecule has 0 atom stereocenters. The molecule has 0 fully saturated rings. The average molecular weight is 265 g/mol. The van der Waals surface area contributed by atoms with Gasteiger partial charge >= 0.3 is 0 Å². The lowest BCUT2D eigenvalue weighted by Crippen LogP contribution is -1.83. The lowest BCUT2D eigenvalue weighted by molar-refractivity contribution is 0.411. The molecule has 76 valence electrons. The Morgan fingerprint density at radius 1 is 1.47 bits per heavy atom. The van der Waals surface area contributed by atoms with Crippen molar-refractivity contribution in [1.29, 1.82) is 0 Å². The number of hydrogen-bond acceptors (Lipinski definition) is 3. The first-order valence-electron chi connectivity index (χ1n) is 4.43. The van der Waals surface area contributed by atoms with Crippen LogP contribution in [0.4, 0.5) is 0 Å². The van der Waals surface area contributed by atoms with Crippen LogP contribution in [0.1, 0.15) is 11.5 Å².